The summed E-state index contributed by atoms with van der Waals surface area (Å²) >= 11 is 11.8. The van der Waals surface area contributed by atoms with Gasteiger partial charge < -0.3 is 4.74 Å². The number of aryl methyl sites for hydroxylation is 1. The third-order valence-corrected chi connectivity index (χ3v) is 3.27. The Kier molecular flexibility index (Phi) is 4.11. The molecule has 0 radical (unpaired) electrons. The number of carbonyl (C=O) groups is 1. The number of hydrogen-bond acceptors (Lipinski definition) is 4. The zero-order valence-corrected chi connectivity index (χ0v) is 12.2. The number of ketones is 1. The van der Waals surface area contributed by atoms with Crippen molar-refractivity contribution in [3.05, 3.63) is 55.9 Å². The van der Waals surface area contributed by atoms with E-state index in [1.54, 1.807) is 0 Å². The summed E-state index contributed by atoms with van der Waals surface area (Å²) in [5, 5.41) is 4.37. The van der Waals surface area contributed by atoms with Crippen LogP contribution in [0, 0.1) is 0 Å². The second-order valence-electron chi connectivity index (χ2n) is 3.97. The molecule has 0 bridgehead atoms. The van der Waals surface area contributed by atoms with Crippen LogP contribution < -0.4 is 10.3 Å². The Hall–Kier alpha value is -1.85. The molecule has 20 heavy (non-hydrogen) atoms. The van der Waals surface area contributed by atoms with Gasteiger partial charge in [-0.3, -0.25) is 9.59 Å². The number of rotatable bonds is 3. The normalized spacial score (nSPS) is 10.4. The number of hydrogen-bond donors (Lipinski definition) is 0. The van der Waals surface area contributed by atoms with Crippen molar-refractivity contribution >= 4 is 29.0 Å². The number of ether oxygens (including phenoxy) is 1. The number of benzene rings is 1. The van der Waals surface area contributed by atoms with E-state index in [0.717, 1.165) is 4.68 Å². The Morgan fingerprint density at radius 2 is 2.05 bits per heavy atom. The van der Waals surface area contributed by atoms with E-state index in [9.17, 15) is 9.59 Å². The van der Waals surface area contributed by atoms with E-state index in [2.05, 4.69) is 5.10 Å². The topological polar surface area (TPSA) is 61.2 Å². The van der Waals surface area contributed by atoms with Gasteiger partial charge in [0.15, 0.2) is 5.75 Å². The lowest BCUT2D eigenvalue weighted by molar-refractivity contribution is 0.103. The molecule has 1 aromatic carbocycles. The first-order chi connectivity index (χ1) is 9.45. The second-order valence-corrected chi connectivity index (χ2v) is 4.81. The molecule has 1 aromatic heterocycles. The summed E-state index contributed by atoms with van der Waals surface area (Å²) in [5.41, 5.74) is -0.493. The van der Waals surface area contributed by atoms with Crippen molar-refractivity contribution < 1.29 is 9.53 Å². The highest BCUT2D eigenvalue weighted by molar-refractivity contribution is 6.37. The molecule has 5 nitrogen and oxygen atoms in total. The molecule has 0 aliphatic heterocycles. The third kappa shape index (κ3) is 2.55. The number of methoxy groups -OCH3 is 1. The van der Waals surface area contributed by atoms with Gasteiger partial charge in [-0.25, -0.2) is 4.68 Å². The van der Waals surface area contributed by atoms with E-state index >= 15 is 0 Å². The van der Waals surface area contributed by atoms with Gasteiger partial charge in [-0.1, -0.05) is 23.2 Å². The standard InChI is InChI=1S/C13H10Cl2N2O3/c1-17-13(19)11(10(20-2)6-16-17)12(18)8-4-3-7(14)5-9(8)15/h3-6H,1-2H3. The van der Waals surface area contributed by atoms with Crippen molar-refractivity contribution in [3.8, 4) is 5.75 Å². The summed E-state index contributed by atoms with van der Waals surface area (Å²) < 4.78 is 6.08. The average Bonchev–Trinajstić information content (AvgIpc) is 2.41. The highest BCUT2D eigenvalue weighted by Crippen LogP contribution is 2.25. The molecular weight excluding hydrogens is 303 g/mol. The average molecular weight is 313 g/mol. The molecule has 1 heterocycles. The molecule has 0 aliphatic carbocycles. The van der Waals surface area contributed by atoms with Crippen LogP contribution in [-0.2, 0) is 7.05 Å². The maximum absolute atomic E-state index is 12.5. The van der Waals surface area contributed by atoms with Crippen molar-refractivity contribution in [1.29, 1.82) is 0 Å². The highest BCUT2D eigenvalue weighted by atomic mass is 35.5. The van der Waals surface area contributed by atoms with Crippen LogP contribution in [0.2, 0.25) is 10.0 Å². The molecule has 0 saturated heterocycles. The van der Waals surface area contributed by atoms with E-state index in [4.69, 9.17) is 27.9 Å². The maximum Gasteiger partial charge on any atom is 0.281 e. The van der Waals surface area contributed by atoms with E-state index < -0.39 is 11.3 Å². The van der Waals surface area contributed by atoms with Crippen LogP contribution in [0.3, 0.4) is 0 Å². The lowest BCUT2D eigenvalue weighted by Crippen LogP contribution is -2.27. The van der Waals surface area contributed by atoms with E-state index in [0.29, 0.717) is 5.02 Å². The van der Waals surface area contributed by atoms with Gasteiger partial charge in [0.1, 0.15) is 5.56 Å². The first-order valence-corrected chi connectivity index (χ1v) is 6.31. The van der Waals surface area contributed by atoms with E-state index in [-0.39, 0.29) is 21.9 Å². The largest absolute Gasteiger partial charge is 0.494 e. The van der Waals surface area contributed by atoms with E-state index in [1.165, 1.54) is 38.6 Å². The maximum atomic E-state index is 12.5. The van der Waals surface area contributed by atoms with Crippen molar-refractivity contribution in [3.63, 3.8) is 0 Å². The molecule has 2 rings (SSSR count). The molecule has 0 N–H and O–H groups in total. The van der Waals surface area contributed by atoms with Gasteiger partial charge in [0.2, 0.25) is 5.78 Å². The quantitative estimate of drug-likeness (QED) is 0.816. The van der Waals surface area contributed by atoms with Gasteiger partial charge in [-0.2, -0.15) is 5.10 Å². The molecule has 0 amide bonds. The van der Waals surface area contributed by atoms with Gasteiger partial charge in [-0.05, 0) is 18.2 Å². The molecule has 0 aliphatic rings. The van der Waals surface area contributed by atoms with Gasteiger partial charge in [-0.15, -0.1) is 0 Å². The van der Waals surface area contributed by atoms with Gasteiger partial charge in [0.05, 0.1) is 18.3 Å². The van der Waals surface area contributed by atoms with Crippen molar-refractivity contribution in [2.45, 2.75) is 0 Å². The summed E-state index contributed by atoms with van der Waals surface area (Å²) in [6.07, 6.45) is 1.30. The Labute approximate surface area is 124 Å². The van der Waals surface area contributed by atoms with Crippen molar-refractivity contribution in [2.24, 2.45) is 7.05 Å². The molecule has 0 unspecified atom stereocenters. The Bertz CT molecular complexity index is 741. The summed E-state index contributed by atoms with van der Waals surface area (Å²) in [4.78, 5) is 24.6. The minimum Gasteiger partial charge on any atom is -0.494 e. The smallest absolute Gasteiger partial charge is 0.281 e. The molecule has 0 saturated carbocycles. The number of nitrogens with zero attached hydrogens (tertiary/aromatic N) is 2. The molecule has 0 fully saturated rings. The summed E-state index contributed by atoms with van der Waals surface area (Å²) in [6, 6.07) is 4.43. The van der Waals surface area contributed by atoms with Crippen LogP contribution in [0.4, 0.5) is 0 Å². The first kappa shape index (κ1) is 14.6. The zero-order chi connectivity index (χ0) is 14.9. The third-order valence-electron chi connectivity index (χ3n) is 2.73. The number of carbonyl (C=O) groups excluding carboxylic acids is 1. The predicted octanol–water partition coefficient (Wildman–Crippen LogP) is 2.33. The second kappa shape index (κ2) is 5.64. The zero-order valence-electron chi connectivity index (χ0n) is 10.7. The fourth-order valence-corrected chi connectivity index (χ4v) is 2.19. The molecule has 7 heteroatoms. The summed E-state index contributed by atoms with van der Waals surface area (Å²) in [6.45, 7) is 0. The molecule has 2 aromatic rings. The minimum absolute atomic E-state index is 0.101. The number of aromatic nitrogens is 2. The SMILES string of the molecule is COc1cnn(C)c(=O)c1C(=O)c1ccc(Cl)cc1Cl. The van der Waals surface area contributed by atoms with Crippen LogP contribution in [0.15, 0.2) is 29.2 Å². The first-order valence-electron chi connectivity index (χ1n) is 5.55. The molecule has 0 atom stereocenters. The van der Waals surface area contributed by atoms with Crippen LogP contribution in [0.25, 0.3) is 0 Å². The Morgan fingerprint density at radius 1 is 1.35 bits per heavy atom. The van der Waals surface area contributed by atoms with Gasteiger partial charge >= 0.3 is 0 Å². The van der Waals surface area contributed by atoms with E-state index in [1.807, 2.05) is 0 Å². The highest BCUT2D eigenvalue weighted by Gasteiger charge is 2.22. The van der Waals surface area contributed by atoms with Crippen molar-refractivity contribution in [2.75, 3.05) is 7.11 Å². The summed E-state index contributed by atoms with van der Waals surface area (Å²) in [7, 11) is 2.80. The lowest BCUT2D eigenvalue weighted by Gasteiger charge is -2.09. The van der Waals surface area contributed by atoms with Crippen LogP contribution >= 0.6 is 23.2 Å². The van der Waals surface area contributed by atoms with Gasteiger partial charge in [0, 0.05) is 17.6 Å². The number of halogens is 2. The summed E-state index contributed by atoms with van der Waals surface area (Å²) in [5.74, 6) is -0.435. The lowest BCUT2D eigenvalue weighted by atomic mass is 10.0. The Balaban J connectivity index is 2.65. The van der Waals surface area contributed by atoms with Gasteiger partial charge in [0.25, 0.3) is 5.56 Å². The molecule has 0 spiro atoms. The Morgan fingerprint density at radius 3 is 2.65 bits per heavy atom. The molecule has 104 valence electrons. The predicted molar refractivity (Wildman–Crippen MR) is 75.9 cm³/mol. The van der Waals surface area contributed by atoms with Crippen LogP contribution in [0.1, 0.15) is 15.9 Å². The van der Waals surface area contributed by atoms with Crippen molar-refractivity contribution in [1.82, 2.24) is 9.78 Å². The minimum atomic E-state index is -0.555. The fourth-order valence-electron chi connectivity index (χ4n) is 1.70. The van der Waals surface area contributed by atoms with Crippen LogP contribution in [-0.4, -0.2) is 22.7 Å². The fraction of sp³-hybridized carbons (Fsp3) is 0.154. The molecular formula is C13H10Cl2N2O3. The van der Waals surface area contributed by atoms with Crippen LogP contribution in [0.5, 0.6) is 5.75 Å². The monoisotopic (exact) mass is 312 g/mol.